The SMILES string of the molecule is COc1cc(OC)c(C(=O)C(C(=O)OC(C)(C)C)c2ccccc2)c(OC)c1. The molecule has 150 valence electrons. The maximum atomic E-state index is 13.5. The van der Waals surface area contributed by atoms with Crippen LogP contribution in [0.2, 0.25) is 0 Å². The summed E-state index contributed by atoms with van der Waals surface area (Å²) in [4.78, 5) is 26.5. The fourth-order valence-corrected chi connectivity index (χ4v) is 2.79. The molecule has 1 unspecified atom stereocenters. The van der Waals surface area contributed by atoms with Crippen molar-refractivity contribution < 1.29 is 28.5 Å². The third kappa shape index (κ3) is 4.82. The molecule has 0 spiro atoms. The van der Waals surface area contributed by atoms with Crippen molar-refractivity contribution in [3.8, 4) is 17.2 Å². The quantitative estimate of drug-likeness (QED) is 0.407. The number of methoxy groups -OCH3 is 3. The van der Waals surface area contributed by atoms with Crippen LogP contribution >= 0.6 is 0 Å². The van der Waals surface area contributed by atoms with E-state index < -0.39 is 23.3 Å². The van der Waals surface area contributed by atoms with E-state index in [-0.39, 0.29) is 17.1 Å². The lowest BCUT2D eigenvalue weighted by molar-refractivity contribution is -0.155. The smallest absolute Gasteiger partial charge is 0.321 e. The van der Waals surface area contributed by atoms with E-state index in [1.807, 2.05) is 6.07 Å². The zero-order chi connectivity index (χ0) is 20.9. The highest BCUT2D eigenvalue weighted by molar-refractivity contribution is 6.15. The van der Waals surface area contributed by atoms with E-state index in [2.05, 4.69) is 0 Å². The van der Waals surface area contributed by atoms with Gasteiger partial charge >= 0.3 is 5.97 Å². The molecular formula is C22H26O6. The Morgan fingerprint density at radius 1 is 0.857 bits per heavy atom. The summed E-state index contributed by atoms with van der Waals surface area (Å²) in [6.07, 6.45) is 0. The van der Waals surface area contributed by atoms with Crippen molar-refractivity contribution in [2.75, 3.05) is 21.3 Å². The van der Waals surface area contributed by atoms with Crippen LogP contribution in [-0.2, 0) is 9.53 Å². The normalized spacial score (nSPS) is 12.1. The van der Waals surface area contributed by atoms with Crippen molar-refractivity contribution >= 4 is 11.8 Å². The second-order valence-electron chi connectivity index (χ2n) is 7.15. The fourth-order valence-electron chi connectivity index (χ4n) is 2.79. The van der Waals surface area contributed by atoms with Crippen molar-refractivity contribution in [2.45, 2.75) is 32.3 Å². The molecule has 0 saturated heterocycles. The average molecular weight is 386 g/mol. The van der Waals surface area contributed by atoms with Crippen LogP contribution in [0, 0.1) is 0 Å². The van der Waals surface area contributed by atoms with E-state index in [0.29, 0.717) is 11.3 Å². The van der Waals surface area contributed by atoms with Crippen molar-refractivity contribution in [3.63, 3.8) is 0 Å². The van der Waals surface area contributed by atoms with Crippen LogP contribution < -0.4 is 14.2 Å². The third-order valence-electron chi connectivity index (χ3n) is 4.00. The molecule has 2 rings (SSSR count). The maximum absolute atomic E-state index is 13.5. The standard InChI is InChI=1S/C22H26O6/c1-22(2,3)28-21(24)18(14-10-8-7-9-11-14)20(23)19-16(26-5)12-15(25-4)13-17(19)27-6/h7-13,18H,1-6H3. The molecule has 1 atom stereocenters. The summed E-state index contributed by atoms with van der Waals surface area (Å²) in [5, 5.41) is 0. The molecule has 28 heavy (non-hydrogen) atoms. The molecule has 6 heteroatoms. The number of carbonyl (C=O) groups is 2. The van der Waals surface area contributed by atoms with Crippen molar-refractivity contribution in [1.29, 1.82) is 0 Å². The van der Waals surface area contributed by atoms with Gasteiger partial charge in [-0.15, -0.1) is 0 Å². The van der Waals surface area contributed by atoms with Gasteiger partial charge < -0.3 is 18.9 Å². The van der Waals surface area contributed by atoms with Crippen LogP contribution in [0.15, 0.2) is 42.5 Å². The first-order valence-electron chi connectivity index (χ1n) is 8.84. The minimum atomic E-state index is -1.16. The number of hydrogen-bond acceptors (Lipinski definition) is 6. The lowest BCUT2D eigenvalue weighted by Gasteiger charge is -2.24. The summed E-state index contributed by atoms with van der Waals surface area (Å²) in [6.45, 7) is 5.27. The fraction of sp³-hybridized carbons (Fsp3) is 0.364. The Balaban J connectivity index is 2.61. The lowest BCUT2D eigenvalue weighted by Crippen LogP contribution is -2.32. The maximum Gasteiger partial charge on any atom is 0.321 e. The number of carbonyl (C=O) groups excluding carboxylic acids is 2. The van der Waals surface area contributed by atoms with Crippen LogP contribution in [0.1, 0.15) is 42.6 Å². The van der Waals surface area contributed by atoms with Gasteiger partial charge in [0, 0.05) is 12.1 Å². The molecule has 0 saturated carbocycles. The third-order valence-corrected chi connectivity index (χ3v) is 4.00. The molecule has 0 fully saturated rings. The molecule has 0 amide bonds. The lowest BCUT2D eigenvalue weighted by atomic mass is 9.89. The highest BCUT2D eigenvalue weighted by atomic mass is 16.6. The number of rotatable bonds is 7. The highest BCUT2D eigenvalue weighted by Crippen LogP contribution is 2.38. The first kappa shape index (κ1) is 21.3. The van der Waals surface area contributed by atoms with Gasteiger partial charge in [0.1, 0.15) is 34.3 Å². The molecule has 0 aromatic heterocycles. The van der Waals surface area contributed by atoms with Gasteiger partial charge in [0.25, 0.3) is 0 Å². The van der Waals surface area contributed by atoms with E-state index in [9.17, 15) is 9.59 Å². The Hall–Kier alpha value is -3.02. The largest absolute Gasteiger partial charge is 0.496 e. The second-order valence-corrected chi connectivity index (χ2v) is 7.15. The molecule has 0 N–H and O–H groups in total. The van der Waals surface area contributed by atoms with E-state index in [0.717, 1.165) is 0 Å². The van der Waals surface area contributed by atoms with E-state index in [1.54, 1.807) is 57.2 Å². The summed E-state index contributed by atoms with van der Waals surface area (Å²) in [5.74, 6) is -1.28. The zero-order valence-corrected chi connectivity index (χ0v) is 17.1. The Morgan fingerprint density at radius 2 is 1.39 bits per heavy atom. The average Bonchev–Trinajstić information content (AvgIpc) is 2.66. The van der Waals surface area contributed by atoms with Crippen LogP contribution in [0.3, 0.4) is 0 Å². The summed E-state index contributed by atoms with van der Waals surface area (Å²) in [7, 11) is 4.38. The zero-order valence-electron chi connectivity index (χ0n) is 17.1. The minimum absolute atomic E-state index is 0.158. The topological polar surface area (TPSA) is 71.1 Å². The molecule has 0 aliphatic rings. The van der Waals surface area contributed by atoms with Gasteiger partial charge in [-0.05, 0) is 26.3 Å². The highest BCUT2D eigenvalue weighted by Gasteiger charge is 2.36. The van der Waals surface area contributed by atoms with Gasteiger partial charge in [0.05, 0.1) is 21.3 Å². The Kier molecular flexibility index (Phi) is 6.67. The van der Waals surface area contributed by atoms with Crippen LogP contribution in [-0.4, -0.2) is 38.7 Å². The molecule has 2 aromatic rings. The number of Topliss-reactive ketones (excluding diaryl/α,β-unsaturated/α-hetero) is 1. The predicted molar refractivity (Wildman–Crippen MR) is 105 cm³/mol. The van der Waals surface area contributed by atoms with E-state index >= 15 is 0 Å². The van der Waals surface area contributed by atoms with Gasteiger partial charge in [-0.2, -0.15) is 0 Å². The molecule has 0 radical (unpaired) electrons. The summed E-state index contributed by atoms with van der Waals surface area (Å²) >= 11 is 0. The molecular weight excluding hydrogens is 360 g/mol. The van der Waals surface area contributed by atoms with Gasteiger partial charge in [0.2, 0.25) is 0 Å². The minimum Gasteiger partial charge on any atom is -0.496 e. The molecule has 0 heterocycles. The Labute approximate surface area is 165 Å². The molecule has 0 bridgehead atoms. The first-order valence-corrected chi connectivity index (χ1v) is 8.84. The predicted octanol–water partition coefficient (Wildman–Crippen LogP) is 4.02. The Morgan fingerprint density at radius 3 is 1.82 bits per heavy atom. The summed E-state index contributed by atoms with van der Waals surface area (Å²) in [5.41, 5.74) is -0.0504. The van der Waals surface area contributed by atoms with Crippen molar-refractivity contribution in [2.24, 2.45) is 0 Å². The van der Waals surface area contributed by atoms with Gasteiger partial charge in [-0.3, -0.25) is 9.59 Å². The van der Waals surface area contributed by atoms with E-state index in [1.165, 1.54) is 21.3 Å². The van der Waals surface area contributed by atoms with Crippen LogP contribution in [0.25, 0.3) is 0 Å². The monoisotopic (exact) mass is 386 g/mol. The van der Waals surface area contributed by atoms with Crippen LogP contribution in [0.4, 0.5) is 0 Å². The van der Waals surface area contributed by atoms with Gasteiger partial charge in [0.15, 0.2) is 5.78 Å². The summed E-state index contributed by atoms with van der Waals surface area (Å²) < 4.78 is 21.5. The van der Waals surface area contributed by atoms with Crippen molar-refractivity contribution in [3.05, 3.63) is 53.6 Å². The molecule has 2 aromatic carbocycles. The Bertz CT molecular complexity index is 811. The molecule has 0 aliphatic heterocycles. The summed E-state index contributed by atoms with van der Waals surface area (Å²) in [6, 6.07) is 11.9. The number of ketones is 1. The van der Waals surface area contributed by atoms with Gasteiger partial charge in [-0.25, -0.2) is 0 Å². The van der Waals surface area contributed by atoms with E-state index in [4.69, 9.17) is 18.9 Å². The first-order chi connectivity index (χ1) is 13.2. The number of benzene rings is 2. The van der Waals surface area contributed by atoms with Gasteiger partial charge in [-0.1, -0.05) is 30.3 Å². The number of ether oxygens (including phenoxy) is 4. The second kappa shape index (κ2) is 8.78. The molecule has 0 aliphatic carbocycles. The van der Waals surface area contributed by atoms with Crippen molar-refractivity contribution in [1.82, 2.24) is 0 Å². The molecule has 6 nitrogen and oxygen atoms in total. The number of esters is 1. The number of hydrogen-bond donors (Lipinski definition) is 0. The van der Waals surface area contributed by atoms with Crippen LogP contribution in [0.5, 0.6) is 17.2 Å².